The number of ether oxygens (including phenoxy) is 3. The van der Waals surface area contributed by atoms with Crippen LogP contribution in [0.5, 0.6) is 0 Å². The minimum atomic E-state index is -1.48. The van der Waals surface area contributed by atoms with Crippen molar-refractivity contribution in [2.24, 2.45) is 17.8 Å². The van der Waals surface area contributed by atoms with Crippen LogP contribution in [0.1, 0.15) is 94.4 Å². The van der Waals surface area contributed by atoms with Crippen molar-refractivity contribution in [3.05, 3.63) is 36.1 Å². The SMILES string of the molecule is CCC(O)C(C)C1OC1=CC(C)(O)C=CCC(C)C1OC(=O)CC(O)CCC(C)(O)C(OC(=O)N2CCN(C(C)(C)C)CC2)C=CC1C. The topological polar surface area (TPSA) is 153 Å². The molecule has 10 unspecified atom stereocenters. The van der Waals surface area contributed by atoms with Crippen LogP contribution in [0, 0.1) is 17.8 Å². The lowest BCUT2D eigenvalue weighted by molar-refractivity contribution is -0.156. The zero-order chi connectivity index (χ0) is 36.0. The summed E-state index contributed by atoms with van der Waals surface area (Å²) in [7, 11) is 0. The molecule has 3 rings (SSSR count). The summed E-state index contributed by atoms with van der Waals surface area (Å²) in [4.78, 5) is 30.1. The molecule has 3 aliphatic heterocycles. The van der Waals surface area contributed by atoms with E-state index in [0.29, 0.717) is 31.7 Å². The van der Waals surface area contributed by atoms with Crippen LogP contribution in [0.4, 0.5) is 4.79 Å². The third kappa shape index (κ3) is 11.6. The smallest absolute Gasteiger partial charge is 0.410 e. The number of hydrogen-bond acceptors (Lipinski definition) is 10. The summed E-state index contributed by atoms with van der Waals surface area (Å²) in [6.07, 6.45) is 5.98. The van der Waals surface area contributed by atoms with Crippen LogP contribution in [-0.4, -0.2) is 116 Å². The fourth-order valence-electron chi connectivity index (χ4n) is 6.50. The van der Waals surface area contributed by atoms with Gasteiger partial charge in [0.15, 0.2) is 12.2 Å². The molecule has 0 bridgehead atoms. The Kier molecular flexibility index (Phi) is 13.8. The van der Waals surface area contributed by atoms with Gasteiger partial charge in [0.05, 0.1) is 18.6 Å². The molecule has 0 saturated carbocycles. The number of hydrogen-bond donors (Lipinski definition) is 4. The highest BCUT2D eigenvalue weighted by Crippen LogP contribution is 2.38. The van der Waals surface area contributed by atoms with Crippen molar-refractivity contribution in [3.63, 3.8) is 0 Å². The van der Waals surface area contributed by atoms with Gasteiger partial charge in [0.25, 0.3) is 0 Å². The van der Waals surface area contributed by atoms with E-state index in [2.05, 4.69) is 25.7 Å². The number of epoxide rings is 1. The lowest BCUT2D eigenvalue weighted by Crippen LogP contribution is -2.55. The standard InChI is InChI=1S/C37H62N2O9/c1-10-28(41)26(4)33-29(46-33)23-36(8,44)16-11-12-24(2)32-25(3)13-14-30(37(9,45)17-15-27(40)22-31(42)48-32)47-34(43)38-18-20-39(21-19-38)35(5,6)7/h11,13-14,16,23-28,30,32-33,40-41,44-45H,10,12,15,17-22H2,1-9H3. The van der Waals surface area contributed by atoms with Gasteiger partial charge in [-0.2, -0.15) is 0 Å². The average molecular weight is 679 g/mol. The van der Waals surface area contributed by atoms with Crippen LogP contribution in [0.15, 0.2) is 36.1 Å². The van der Waals surface area contributed by atoms with Crippen molar-refractivity contribution in [2.75, 3.05) is 26.2 Å². The van der Waals surface area contributed by atoms with Crippen molar-refractivity contribution in [3.8, 4) is 0 Å². The third-order valence-electron chi connectivity index (χ3n) is 10.0. The number of carbonyl (C=O) groups excluding carboxylic acids is 2. The predicted octanol–water partition coefficient (Wildman–Crippen LogP) is 4.33. The van der Waals surface area contributed by atoms with E-state index in [1.54, 1.807) is 37.0 Å². The van der Waals surface area contributed by atoms with Gasteiger partial charge in [0, 0.05) is 43.6 Å². The molecule has 0 aromatic rings. The van der Waals surface area contributed by atoms with Crippen LogP contribution < -0.4 is 0 Å². The number of rotatable bonds is 9. The number of carbonyl (C=O) groups is 2. The van der Waals surface area contributed by atoms with Gasteiger partial charge in [-0.15, -0.1) is 0 Å². The van der Waals surface area contributed by atoms with Gasteiger partial charge in [0.1, 0.15) is 23.1 Å². The molecule has 2 saturated heterocycles. The Labute approximate surface area is 287 Å². The van der Waals surface area contributed by atoms with Crippen LogP contribution in [0.3, 0.4) is 0 Å². The molecule has 11 heteroatoms. The molecule has 0 aromatic carbocycles. The first-order valence-corrected chi connectivity index (χ1v) is 17.7. The summed E-state index contributed by atoms with van der Waals surface area (Å²) in [5.74, 6) is -0.449. The molecule has 3 aliphatic rings. The number of allylic oxidation sites excluding steroid dienone is 1. The number of piperazine rings is 1. The van der Waals surface area contributed by atoms with E-state index < -0.39 is 47.7 Å². The van der Waals surface area contributed by atoms with E-state index in [9.17, 15) is 30.0 Å². The monoisotopic (exact) mass is 678 g/mol. The second kappa shape index (κ2) is 16.5. The van der Waals surface area contributed by atoms with Crippen molar-refractivity contribution in [2.45, 2.75) is 142 Å². The minimum absolute atomic E-state index is 0.00229. The molecular formula is C37H62N2O9. The van der Waals surface area contributed by atoms with Crippen LogP contribution in [-0.2, 0) is 19.0 Å². The van der Waals surface area contributed by atoms with E-state index in [1.165, 1.54) is 0 Å². The Morgan fingerprint density at radius 2 is 1.79 bits per heavy atom. The molecule has 0 spiro atoms. The van der Waals surface area contributed by atoms with Gasteiger partial charge in [-0.05, 0) is 78.4 Å². The predicted molar refractivity (Wildman–Crippen MR) is 184 cm³/mol. The molecule has 0 aliphatic carbocycles. The largest absolute Gasteiger partial charge is 0.483 e. The zero-order valence-corrected chi connectivity index (χ0v) is 30.6. The number of amides is 1. The van der Waals surface area contributed by atoms with Gasteiger partial charge in [0.2, 0.25) is 0 Å². The maximum Gasteiger partial charge on any atom is 0.410 e. The molecule has 0 radical (unpaired) electrons. The van der Waals surface area contributed by atoms with Crippen LogP contribution in [0.2, 0.25) is 0 Å². The number of esters is 1. The highest BCUT2D eigenvalue weighted by Gasteiger charge is 2.42. The second-order valence-electron chi connectivity index (χ2n) is 15.7. The summed E-state index contributed by atoms with van der Waals surface area (Å²) in [6, 6.07) is 0. The highest BCUT2D eigenvalue weighted by molar-refractivity contribution is 5.70. The normalized spacial score (nSPS) is 33.5. The quantitative estimate of drug-likeness (QED) is 0.158. The van der Waals surface area contributed by atoms with Crippen LogP contribution >= 0.6 is 0 Å². The lowest BCUT2D eigenvalue weighted by Gasteiger charge is -2.42. The van der Waals surface area contributed by atoms with Gasteiger partial charge >= 0.3 is 12.1 Å². The van der Waals surface area contributed by atoms with Crippen molar-refractivity contribution >= 4 is 12.1 Å². The molecule has 2 fully saturated rings. The molecule has 4 N–H and O–H groups in total. The van der Waals surface area contributed by atoms with Crippen molar-refractivity contribution in [1.29, 1.82) is 0 Å². The summed E-state index contributed by atoms with van der Waals surface area (Å²) < 4.78 is 17.5. The zero-order valence-electron chi connectivity index (χ0n) is 30.6. The Morgan fingerprint density at radius 3 is 2.40 bits per heavy atom. The van der Waals surface area contributed by atoms with E-state index in [0.717, 1.165) is 13.1 Å². The van der Waals surface area contributed by atoms with Crippen LogP contribution in [0.25, 0.3) is 0 Å². The van der Waals surface area contributed by atoms with E-state index >= 15 is 0 Å². The Hall–Kier alpha value is -2.44. The first-order chi connectivity index (χ1) is 22.2. The number of nitrogens with zero attached hydrogens (tertiary/aromatic N) is 2. The maximum absolute atomic E-state index is 13.3. The number of aliphatic hydroxyl groups is 4. The average Bonchev–Trinajstić information content (AvgIpc) is 3.76. The minimum Gasteiger partial charge on any atom is -0.483 e. The first-order valence-electron chi connectivity index (χ1n) is 17.7. The van der Waals surface area contributed by atoms with E-state index in [-0.39, 0.29) is 48.7 Å². The Morgan fingerprint density at radius 1 is 1.15 bits per heavy atom. The summed E-state index contributed by atoms with van der Waals surface area (Å²) >= 11 is 0. The van der Waals surface area contributed by atoms with Gasteiger partial charge in [-0.25, -0.2) is 4.79 Å². The molecule has 3 heterocycles. The third-order valence-corrected chi connectivity index (χ3v) is 10.0. The van der Waals surface area contributed by atoms with E-state index in [4.69, 9.17) is 14.2 Å². The number of aliphatic hydroxyl groups excluding tert-OH is 2. The van der Waals surface area contributed by atoms with Crippen molar-refractivity contribution in [1.82, 2.24) is 9.80 Å². The number of cyclic esters (lactones) is 1. The molecule has 1 amide bonds. The summed E-state index contributed by atoms with van der Waals surface area (Å²) in [6.45, 7) is 19.8. The van der Waals surface area contributed by atoms with Gasteiger partial charge in [-0.3, -0.25) is 9.69 Å². The molecule has 48 heavy (non-hydrogen) atoms. The second-order valence-corrected chi connectivity index (χ2v) is 15.7. The van der Waals surface area contributed by atoms with E-state index in [1.807, 2.05) is 39.8 Å². The van der Waals surface area contributed by atoms with Gasteiger partial charge in [-0.1, -0.05) is 45.9 Å². The molecule has 274 valence electrons. The molecule has 11 nitrogen and oxygen atoms in total. The lowest BCUT2D eigenvalue weighted by atomic mass is 9.86. The fourth-order valence-corrected chi connectivity index (χ4v) is 6.50. The van der Waals surface area contributed by atoms with Crippen molar-refractivity contribution < 1.29 is 44.2 Å². The molecule has 10 atom stereocenters. The van der Waals surface area contributed by atoms with Gasteiger partial charge < -0.3 is 39.5 Å². The molecule has 0 aromatic heterocycles. The maximum atomic E-state index is 13.3. The Bertz CT molecular complexity index is 1170. The highest BCUT2D eigenvalue weighted by atomic mass is 16.6. The Balaban J connectivity index is 1.72. The summed E-state index contributed by atoms with van der Waals surface area (Å²) in [5.41, 5.74) is -2.76. The fraction of sp³-hybridized carbons (Fsp3) is 0.784. The molecular weight excluding hydrogens is 616 g/mol. The summed E-state index contributed by atoms with van der Waals surface area (Å²) in [5, 5.41) is 43.2. The first kappa shape index (κ1) is 40.0.